The lowest BCUT2D eigenvalue weighted by Crippen LogP contribution is -2.26. The lowest BCUT2D eigenvalue weighted by Gasteiger charge is -2.23. The Kier molecular flexibility index (Phi) is 3.01. The Morgan fingerprint density at radius 1 is 1.56 bits per heavy atom. The maximum absolute atomic E-state index is 10.9. The molecule has 0 unspecified atom stereocenters. The number of benzene rings is 1. The second-order valence-corrected chi connectivity index (χ2v) is 4.51. The Morgan fingerprint density at radius 2 is 2.31 bits per heavy atom. The monoisotopic (exact) mass is 240 g/mol. The summed E-state index contributed by atoms with van der Waals surface area (Å²) in [5.41, 5.74) is 0.778. The van der Waals surface area contributed by atoms with Crippen LogP contribution in [0.4, 0.5) is 11.4 Å². The van der Waals surface area contributed by atoms with Crippen LogP contribution >= 0.6 is 11.6 Å². The van der Waals surface area contributed by atoms with E-state index in [1.807, 2.05) is 0 Å². The van der Waals surface area contributed by atoms with Crippen molar-refractivity contribution in [2.24, 2.45) is 0 Å². The van der Waals surface area contributed by atoms with Crippen molar-refractivity contribution in [3.8, 4) is 0 Å². The summed E-state index contributed by atoms with van der Waals surface area (Å²) >= 11 is 5.90. The molecule has 0 amide bonds. The second kappa shape index (κ2) is 4.29. The van der Waals surface area contributed by atoms with E-state index in [9.17, 15) is 10.1 Å². The lowest BCUT2D eigenvalue weighted by atomic mass is 10.2. The molecule has 86 valence electrons. The highest BCUT2D eigenvalue weighted by Crippen LogP contribution is 2.35. The van der Waals surface area contributed by atoms with Gasteiger partial charge in [-0.25, -0.2) is 0 Å². The van der Waals surface area contributed by atoms with Gasteiger partial charge in [-0.15, -0.1) is 0 Å². The van der Waals surface area contributed by atoms with Crippen molar-refractivity contribution in [1.29, 1.82) is 0 Å². The summed E-state index contributed by atoms with van der Waals surface area (Å²) in [4.78, 5) is 12.6. The average Bonchev–Trinajstić information content (AvgIpc) is 2.63. The first-order valence-electron chi connectivity index (χ1n) is 5.30. The third-order valence-corrected chi connectivity index (χ3v) is 3.23. The van der Waals surface area contributed by atoms with E-state index in [-0.39, 0.29) is 10.6 Å². The van der Waals surface area contributed by atoms with Crippen LogP contribution in [0.15, 0.2) is 18.2 Å². The zero-order valence-electron chi connectivity index (χ0n) is 9.02. The summed E-state index contributed by atoms with van der Waals surface area (Å²) in [6, 6.07) is 5.06. The number of hydrogen-bond donors (Lipinski definition) is 0. The van der Waals surface area contributed by atoms with Crippen LogP contribution in [0.5, 0.6) is 0 Å². The highest BCUT2D eigenvalue weighted by Gasteiger charge is 2.26. The minimum atomic E-state index is -0.350. The number of anilines is 1. The third kappa shape index (κ3) is 1.97. The van der Waals surface area contributed by atoms with Crippen molar-refractivity contribution in [2.45, 2.75) is 25.8 Å². The molecule has 1 heterocycles. The van der Waals surface area contributed by atoms with Crippen LogP contribution in [-0.2, 0) is 0 Å². The lowest BCUT2D eigenvalue weighted by molar-refractivity contribution is -0.384. The van der Waals surface area contributed by atoms with Crippen LogP contribution in [0.1, 0.15) is 19.8 Å². The number of rotatable bonds is 2. The molecule has 0 spiro atoms. The quantitative estimate of drug-likeness (QED) is 0.589. The molecule has 1 aliphatic rings. The normalized spacial score (nSPS) is 20.1. The zero-order valence-corrected chi connectivity index (χ0v) is 9.78. The van der Waals surface area contributed by atoms with Crippen molar-refractivity contribution in [1.82, 2.24) is 0 Å². The van der Waals surface area contributed by atoms with Crippen LogP contribution < -0.4 is 4.90 Å². The predicted octanol–water partition coefficient (Wildman–Crippen LogP) is 3.24. The fourth-order valence-corrected chi connectivity index (χ4v) is 2.34. The number of hydrogen-bond acceptors (Lipinski definition) is 3. The fraction of sp³-hybridized carbons (Fsp3) is 0.455. The van der Waals surface area contributed by atoms with Crippen molar-refractivity contribution in [3.05, 3.63) is 33.3 Å². The van der Waals surface area contributed by atoms with Crippen LogP contribution in [0.3, 0.4) is 0 Å². The Bertz CT molecular complexity index is 422. The highest BCUT2D eigenvalue weighted by atomic mass is 35.5. The largest absolute Gasteiger partial charge is 0.363 e. The van der Waals surface area contributed by atoms with Gasteiger partial charge in [-0.1, -0.05) is 11.6 Å². The first-order chi connectivity index (χ1) is 7.59. The molecule has 2 rings (SSSR count). The summed E-state index contributed by atoms with van der Waals surface area (Å²) in [5.74, 6) is 0. The van der Waals surface area contributed by atoms with Gasteiger partial charge in [0.25, 0.3) is 5.69 Å². The summed E-state index contributed by atoms with van der Waals surface area (Å²) in [7, 11) is 0. The van der Waals surface area contributed by atoms with Gasteiger partial charge < -0.3 is 4.90 Å². The van der Waals surface area contributed by atoms with E-state index < -0.39 is 0 Å². The van der Waals surface area contributed by atoms with Gasteiger partial charge in [0.05, 0.1) is 4.92 Å². The molecule has 1 fully saturated rings. The van der Waals surface area contributed by atoms with Gasteiger partial charge in [0.15, 0.2) is 0 Å². The molecule has 1 saturated heterocycles. The summed E-state index contributed by atoms with van der Waals surface area (Å²) in [5, 5.41) is 11.5. The van der Waals surface area contributed by atoms with E-state index >= 15 is 0 Å². The van der Waals surface area contributed by atoms with E-state index in [0.29, 0.717) is 16.8 Å². The molecule has 1 aromatic rings. The standard InChI is InChI=1S/C11H13ClN2O2/c1-8-3-2-6-13(8)11-7-9(12)4-5-10(11)14(15)16/h4-5,7-8H,2-3,6H2,1H3/t8-/m0/s1. The molecule has 1 aromatic carbocycles. The second-order valence-electron chi connectivity index (χ2n) is 4.07. The molecular weight excluding hydrogens is 228 g/mol. The maximum atomic E-state index is 10.9. The van der Waals surface area contributed by atoms with Crippen LogP contribution in [-0.4, -0.2) is 17.5 Å². The Morgan fingerprint density at radius 3 is 2.88 bits per heavy atom. The Balaban J connectivity index is 2.44. The van der Waals surface area contributed by atoms with Crippen LogP contribution in [0.25, 0.3) is 0 Å². The van der Waals surface area contributed by atoms with Gasteiger partial charge >= 0.3 is 0 Å². The zero-order chi connectivity index (χ0) is 11.7. The molecule has 1 atom stereocenters. The average molecular weight is 241 g/mol. The number of nitrogens with zero attached hydrogens (tertiary/aromatic N) is 2. The van der Waals surface area contributed by atoms with Gasteiger partial charge in [-0.2, -0.15) is 0 Å². The van der Waals surface area contributed by atoms with E-state index in [0.717, 1.165) is 19.4 Å². The van der Waals surface area contributed by atoms with Crippen molar-refractivity contribution < 1.29 is 4.92 Å². The highest BCUT2D eigenvalue weighted by molar-refractivity contribution is 6.31. The van der Waals surface area contributed by atoms with Gasteiger partial charge in [-0.3, -0.25) is 10.1 Å². The molecule has 0 radical (unpaired) electrons. The summed E-state index contributed by atoms with van der Waals surface area (Å²) in [6.07, 6.45) is 2.15. The Labute approximate surface area is 99.0 Å². The van der Waals surface area contributed by atoms with Gasteiger partial charge in [-0.05, 0) is 31.9 Å². The maximum Gasteiger partial charge on any atom is 0.292 e. The first kappa shape index (κ1) is 11.2. The molecule has 16 heavy (non-hydrogen) atoms. The summed E-state index contributed by atoms with van der Waals surface area (Å²) < 4.78 is 0. The predicted molar refractivity (Wildman–Crippen MR) is 64.1 cm³/mol. The topological polar surface area (TPSA) is 46.4 Å². The third-order valence-electron chi connectivity index (χ3n) is 3.00. The van der Waals surface area contributed by atoms with Crippen molar-refractivity contribution >= 4 is 23.0 Å². The van der Waals surface area contributed by atoms with Gasteiger partial charge in [0.2, 0.25) is 0 Å². The molecule has 1 aliphatic heterocycles. The van der Waals surface area contributed by atoms with E-state index in [1.165, 1.54) is 6.07 Å². The molecule has 0 aromatic heterocycles. The number of nitro groups is 1. The van der Waals surface area contributed by atoms with E-state index in [2.05, 4.69) is 11.8 Å². The molecular formula is C11H13ClN2O2. The van der Waals surface area contributed by atoms with Crippen LogP contribution in [0, 0.1) is 10.1 Å². The molecule has 0 bridgehead atoms. The fourth-order valence-electron chi connectivity index (χ4n) is 2.17. The first-order valence-corrected chi connectivity index (χ1v) is 5.68. The minimum Gasteiger partial charge on any atom is -0.363 e. The minimum absolute atomic E-state index is 0.137. The van der Waals surface area contributed by atoms with E-state index in [4.69, 9.17) is 11.6 Å². The SMILES string of the molecule is C[C@H]1CCCN1c1cc(Cl)ccc1[N+](=O)[O-]. The smallest absolute Gasteiger partial charge is 0.292 e. The van der Waals surface area contributed by atoms with Gasteiger partial charge in [0.1, 0.15) is 5.69 Å². The van der Waals surface area contributed by atoms with E-state index in [1.54, 1.807) is 12.1 Å². The molecule has 4 nitrogen and oxygen atoms in total. The van der Waals surface area contributed by atoms with Gasteiger partial charge in [0, 0.05) is 23.7 Å². The molecule has 0 aliphatic carbocycles. The molecule has 0 N–H and O–H groups in total. The number of halogens is 1. The molecule has 5 heteroatoms. The summed E-state index contributed by atoms with van der Waals surface area (Å²) in [6.45, 7) is 2.94. The van der Waals surface area contributed by atoms with Crippen molar-refractivity contribution in [2.75, 3.05) is 11.4 Å². The number of nitro benzene ring substituents is 1. The van der Waals surface area contributed by atoms with Crippen LogP contribution in [0.2, 0.25) is 5.02 Å². The van der Waals surface area contributed by atoms with Crippen molar-refractivity contribution in [3.63, 3.8) is 0 Å². The molecule has 0 saturated carbocycles. The Hall–Kier alpha value is -1.29.